The van der Waals surface area contributed by atoms with E-state index in [1.807, 2.05) is 36.7 Å². The standard InChI is InChI=1S/C21H21BrN4O3/c1-13-8-14(2)26(25-13)12-15-4-6-17(7-5-15)21(28)24-23-11-16-9-18(22)20(29-3)19(27)10-16/h4-11,27H,12H2,1-3H3,(H,24,28)/b23-11-. The van der Waals surface area contributed by atoms with E-state index in [9.17, 15) is 9.90 Å². The minimum atomic E-state index is -0.323. The third kappa shape index (κ3) is 5.03. The maximum atomic E-state index is 12.3. The van der Waals surface area contributed by atoms with Gasteiger partial charge in [0.2, 0.25) is 0 Å². The highest BCUT2D eigenvalue weighted by Gasteiger charge is 2.09. The van der Waals surface area contributed by atoms with Crippen molar-refractivity contribution in [2.45, 2.75) is 20.4 Å². The molecule has 0 radical (unpaired) electrons. The number of carbonyl (C=O) groups is 1. The van der Waals surface area contributed by atoms with E-state index in [0.29, 0.717) is 27.9 Å². The van der Waals surface area contributed by atoms with Crippen molar-refractivity contribution in [2.75, 3.05) is 7.11 Å². The van der Waals surface area contributed by atoms with Gasteiger partial charge in [0.25, 0.3) is 5.91 Å². The minimum Gasteiger partial charge on any atom is -0.504 e. The summed E-state index contributed by atoms with van der Waals surface area (Å²) in [7, 11) is 1.47. The minimum absolute atomic E-state index is 0.0205. The molecule has 0 unspecified atom stereocenters. The van der Waals surface area contributed by atoms with Crippen LogP contribution in [0.1, 0.15) is 32.9 Å². The molecule has 7 nitrogen and oxygen atoms in total. The van der Waals surface area contributed by atoms with Gasteiger partial charge in [0, 0.05) is 11.3 Å². The molecule has 0 saturated carbocycles. The number of nitrogens with zero attached hydrogens (tertiary/aromatic N) is 3. The molecule has 3 aromatic rings. The number of nitrogens with one attached hydrogen (secondary N) is 1. The van der Waals surface area contributed by atoms with Crippen molar-refractivity contribution in [1.82, 2.24) is 15.2 Å². The highest BCUT2D eigenvalue weighted by Crippen LogP contribution is 2.34. The van der Waals surface area contributed by atoms with Crippen molar-refractivity contribution in [3.63, 3.8) is 0 Å². The number of phenols is 1. The summed E-state index contributed by atoms with van der Waals surface area (Å²) in [6, 6.07) is 12.5. The number of aromatic hydroxyl groups is 1. The van der Waals surface area contributed by atoms with Crippen molar-refractivity contribution in [3.05, 3.63) is 75.0 Å². The summed E-state index contributed by atoms with van der Waals surface area (Å²) in [5.74, 6) is -0.00434. The molecule has 1 heterocycles. The number of rotatable bonds is 6. The number of hydrazone groups is 1. The van der Waals surface area contributed by atoms with Gasteiger partial charge in [-0.2, -0.15) is 10.2 Å². The number of carbonyl (C=O) groups excluding carboxylic acids is 1. The highest BCUT2D eigenvalue weighted by molar-refractivity contribution is 9.10. The third-order valence-corrected chi connectivity index (χ3v) is 4.87. The van der Waals surface area contributed by atoms with Gasteiger partial charge in [0.15, 0.2) is 11.5 Å². The van der Waals surface area contributed by atoms with E-state index in [4.69, 9.17) is 4.74 Å². The molecule has 0 saturated heterocycles. The van der Waals surface area contributed by atoms with E-state index < -0.39 is 0 Å². The molecule has 0 atom stereocenters. The average molecular weight is 457 g/mol. The number of phenolic OH excluding ortho intramolecular Hbond substituents is 1. The Balaban J connectivity index is 1.62. The topological polar surface area (TPSA) is 88.7 Å². The lowest BCUT2D eigenvalue weighted by molar-refractivity contribution is 0.0955. The van der Waals surface area contributed by atoms with Crippen LogP contribution >= 0.6 is 15.9 Å². The lowest BCUT2D eigenvalue weighted by Crippen LogP contribution is -2.17. The highest BCUT2D eigenvalue weighted by atomic mass is 79.9. The summed E-state index contributed by atoms with van der Waals surface area (Å²) >= 11 is 3.31. The van der Waals surface area contributed by atoms with Crippen molar-refractivity contribution < 1.29 is 14.6 Å². The summed E-state index contributed by atoms with van der Waals surface area (Å²) in [5.41, 5.74) is 6.71. The molecule has 29 heavy (non-hydrogen) atoms. The average Bonchev–Trinajstić information content (AvgIpc) is 2.99. The van der Waals surface area contributed by atoms with Crippen LogP contribution < -0.4 is 10.2 Å². The van der Waals surface area contributed by atoms with Crippen LogP contribution in [-0.2, 0) is 6.54 Å². The predicted molar refractivity (Wildman–Crippen MR) is 115 cm³/mol. The largest absolute Gasteiger partial charge is 0.504 e. The summed E-state index contributed by atoms with van der Waals surface area (Å²) in [5, 5.41) is 18.3. The second-order valence-electron chi connectivity index (χ2n) is 6.54. The van der Waals surface area contributed by atoms with Gasteiger partial charge in [-0.1, -0.05) is 12.1 Å². The summed E-state index contributed by atoms with van der Waals surface area (Å²) < 4.78 is 7.59. The van der Waals surface area contributed by atoms with E-state index in [0.717, 1.165) is 17.0 Å². The second-order valence-corrected chi connectivity index (χ2v) is 7.39. The van der Waals surface area contributed by atoms with Crippen LogP contribution in [0.25, 0.3) is 0 Å². The van der Waals surface area contributed by atoms with E-state index in [1.165, 1.54) is 19.4 Å². The quantitative estimate of drug-likeness (QED) is 0.436. The first-order chi connectivity index (χ1) is 13.9. The third-order valence-electron chi connectivity index (χ3n) is 4.28. The molecule has 2 aromatic carbocycles. The number of methoxy groups -OCH3 is 1. The zero-order valence-corrected chi connectivity index (χ0v) is 17.9. The maximum absolute atomic E-state index is 12.3. The Labute approximate surface area is 177 Å². The van der Waals surface area contributed by atoms with Crippen LogP contribution in [0.2, 0.25) is 0 Å². The number of aromatic nitrogens is 2. The number of hydrogen-bond acceptors (Lipinski definition) is 5. The molecule has 1 aromatic heterocycles. The van der Waals surface area contributed by atoms with Gasteiger partial charge in [0.05, 0.1) is 30.0 Å². The van der Waals surface area contributed by atoms with E-state index in [1.54, 1.807) is 18.2 Å². The van der Waals surface area contributed by atoms with Crippen molar-refractivity contribution in [3.8, 4) is 11.5 Å². The number of halogens is 1. The monoisotopic (exact) mass is 456 g/mol. The smallest absolute Gasteiger partial charge is 0.271 e. The molecule has 1 amide bonds. The van der Waals surface area contributed by atoms with Crippen LogP contribution in [0.15, 0.2) is 52.0 Å². The molecule has 150 valence electrons. The zero-order chi connectivity index (χ0) is 21.0. The number of hydrogen-bond donors (Lipinski definition) is 2. The summed E-state index contributed by atoms with van der Waals surface area (Å²) in [4.78, 5) is 12.3. The maximum Gasteiger partial charge on any atom is 0.271 e. The van der Waals surface area contributed by atoms with Crippen LogP contribution in [0.4, 0.5) is 0 Å². The number of aryl methyl sites for hydroxylation is 2. The Morgan fingerprint density at radius 1 is 1.28 bits per heavy atom. The van der Waals surface area contributed by atoms with Crippen LogP contribution in [0.3, 0.4) is 0 Å². The molecular formula is C21H21BrN4O3. The van der Waals surface area contributed by atoms with E-state index in [2.05, 4.69) is 31.6 Å². The van der Waals surface area contributed by atoms with Gasteiger partial charge in [-0.15, -0.1) is 0 Å². The molecule has 0 aliphatic carbocycles. The van der Waals surface area contributed by atoms with Crippen LogP contribution in [0, 0.1) is 13.8 Å². The van der Waals surface area contributed by atoms with E-state index >= 15 is 0 Å². The van der Waals surface area contributed by atoms with Gasteiger partial charge in [-0.05, 0) is 71.2 Å². The van der Waals surface area contributed by atoms with Gasteiger partial charge in [-0.3, -0.25) is 9.48 Å². The first-order valence-electron chi connectivity index (χ1n) is 8.87. The molecule has 8 heteroatoms. The molecule has 0 aliphatic rings. The molecule has 0 aliphatic heterocycles. The molecule has 3 rings (SSSR count). The van der Waals surface area contributed by atoms with Gasteiger partial charge in [0.1, 0.15) is 0 Å². The normalized spacial score (nSPS) is 11.0. The summed E-state index contributed by atoms with van der Waals surface area (Å²) in [6.07, 6.45) is 1.44. The Bertz CT molecular complexity index is 1040. The fourth-order valence-electron chi connectivity index (χ4n) is 2.88. The second kappa shape index (κ2) is 8.91. The van der Waals surface area contributed by atoms with Crippen molar-refractivity contribution >= 4 is 28.1 Å². The molecule has 0 fully saturated rings. The summed E-state index contributed by atoms with van der Waals surface area (Å²) in [6.45, 7) is 4.62. The molecule has 2 N–H and O–H groups in total. The van der Waals surface area contributed by atoms with Gasteiger partial charge >= 0.3 is 0 Å². The van der Waals surface area contributed by atoms with E-state index in [-0.39, 0.29) is 11.7 Å². The van der Waals surface area contributed by atoms with Gasteiger partial charge in [-0.25, -0.2) is 5.43 Å². The SMILES string of the molecule is COc1c(O)cc(/C=N\NC(=O)c2ccc(Cn3nc(C)cc3C)cc2)cc1Br. The van der Waals surface area contributed by atoms with Crippen molar-refractivity contribution in [1.29, 1.82) is 0 Å². The Kier molecular flexibility index (Phi) is 6.33. The Morgan fingerprint density at radius 3 is 2.59 bits per heavy atom. The zero-order valence-electron chi connectivity index (χ0n) is 16.3. The lowest BCUT2D eigenvalue weighted by Gasteiger charge is -2.07. The lowest BCUT2D eigenvalue weighted by atomic mass is 10.1. The Morgan fingerprint density at radius 2 is 2.00 bits per heavy atom. The Hall–Kier alpha value is -3.13. The fraction of sp³-hybridized carbons (Fsp3) is 0.190. The first kappa shape index (κ1) is 20.6. The molecule has 0 spiro atoms. The fourth-order valence-corrected chi connectivity index (χ4v) is 3.50. The molecular weight excluding hydrogens is 436 g/mol. The van der Waals surface area contributed by atoms with Crippen molar-refractivity contribution in [2.24, 2.45) is 5.10 Å². The number of amides is 1. The number of benzene rings is 2. The van der Waals surface area contributed by atoms with Crippen LogP contribution in [0.5, 0.6) is 11.5 Å². The van der Waals surface area contributed by atoms with Crippen LogP contribution in [-0.4, -0.2) is 34.1 Å². The first-order valence-corrected chi connectivity index (χ1v) is 9.66. The molecule has 0 bridgehead atoms. The van der Waals surface area contributed by atoms with Gasteiger partial charge < -0.3 is 9.84 Å². The predicted octanol–water partition coefficient (Wildman–Crippen LogP) is 3.79. The number of ether oxygens (including phenoxy) is 1.